The number of carbonyl (C=O) groups excluding carboxylic acids is 1. The lowest BCUT2D eigenvalue weighted by molar-refractivity contribution is -0.124. The number of hydrogen-bond donors (Lipinski definition) is 2. The molecule has 3 fully saturated rings. The van der Waals surface area contributed by atoms with Crippen molar-refractivity contribution in [2.75, 3.05) is 5.32 Å². The molecule has 1 amide bonds. The van der Waals surface area contributed by atoms with Crippen molar-refractivity contribution in [1.29, 1.82) is 0 Å². The van der Waals surface area contributed by atoms with E-state index < -0.39 is 44.5 Å². The maximum atomic E-state index is 13.4. The highest BCUT2D eigenvalue weighted by atomic mass is 35.5. The SMILES string of the molecule is CC1C2CC(S(=O)(=O)c3cc(C(=O)Nc4cc(F)c(F)c(F)c4)ccc3Cl)CC1C2O. The summed E-state index contributed by atoms with van der Waals surface area (Å²) >= 11 is 6.13. The van der Waals surface area contributed by atoms with Crippen molar-refractivity contribution in [3.63, 3.8) is 0 Å². The molecule has 0 aliphatic heterocycles. The first-order chi connectivity index (χ1) is 14.5. The number of aliphatic hydroxyl groups is 1. The van der Waals surface area contributed by atoms with Gasteiger partial charge in [0.15, 0.2) is 27.3 Å². The molecule has 2 atom stereocenters. The zero-order valence-electron chi connectivity index (χ0n) is 16.3. The van der Waals surface area contributed by atoms with Crippen LogP contribution in [0.1, 0.15) is 30.1 Å². The minimum absolute atomic E-state index is 0.0525. The first-order valence-corrected chi connectivity index (χ1v) is 11.6. The third-order valence-electron chi connectivity index (χ3n) is 6.48. The summed E-state index contributed by atoms with van der Waals surface area (Å²) in [7, 11) is -3.88. The van der Waals surface area contributed by atoms with Crippen LogP contribution in [-0.2, 0) is 9.84 Å². The van der Waals surface area contributed by atoms with Crippen molar-refractivity contribution in [2.45, 2.75) is 36.0 Å². The molecule has 0 saturated heterocycles. The molecule has 3 aliphatic carbocycles. The normalized spacial score (nSPS) is 27.5. The molecule has 0 aromatic heterocycles. The molecule has 3 saturated carbocycles. The highest BCUT2D eigenvalue weighted by Gasteiger charge is 2.55. The van der Waals surface area contributed by atoms with Gasteiger partial charge in [-0.05, 0) is 48.8 Å². The van der Waals surface area contributed by atoms with E-state index in [9.17, 15) is 31.5 Å². The molecule has 31 heavy (non-hydrogen) atoms. The van der Waals surface area contributed by atoms with Crippen LogP contribution >= 0.6 is 11.6 Å². The largest absolute Gasteiger partial charge is 0.393 e. The summed E-state index contributed by atoms with van der Waals surface area (Å²) in [5.74, 6) is -5.37. The van der Waals surface area contributed by atoms with E-state index in [1.807, 2.05) is 6.92 Å². The molecule has 10 heteroatoms. The van der Waals surface area contributed by atoms with Gasteiger partial charge in [0.1, 0.15) is 0 Å². The third-order valence-corrected chi connectivity index (χ3v) is 9.13. The Morgan fingerprint density at radius 3 is 2.23 bits per heavy atom. The van der Waals surface area contributed by atoms with Gasteiger partial charge in [-0.25, -0.2) is 21.6 Å². The summed E-state index contributed by atoms with van der Waals surface area (Å²) in [4.78, 5) is 12.3. The highest BCUT2D eigenvalue weighted by Crippen LogP contribution is 2.53. The fourth-order valence-electron chi connectivity index (χ4n) is 4.65. The maximum Gasteiger partial charge on any atom is 0.255 e. The molecule has 3 aliphatic rings. The molecular weight excluding hydrogens is 455 g/mol. The van der Waals surface area contributed by atoms with Gasteiger partial charge in [-0.2, -0.15) is 0 Å². The number of amides is 1. The van der Waals surface area contributed by atoms with E-state index in [1.165, 1.54) is 12.1 Å². The number of nitrogens with one attached hydrogen (secondary N) is 1. The molecule has 2 unspecified atom stereocenters. The molecule has 0 heterocycles. The average Bonchev–Trinajstić information content (AvgIpc) is 2.72. The summed E-state index contributed by atoms with van der Waals surface area (Å²) in [5, 5.41) is 11.5. The molecular formula is C21H19ClF3NO4S. The van der Waals surface area contributed by atoms with Crippen LogP contribution in [0.15, 0.2) is 35.2 Å². The number of aliphatic hydroxyl groups excluding tert-OH is 1. The Kier molecular flexibility index (Phi) is 5.56. The fraction of sp³-hybridized carbons (Fsp3) is 0.381. The topological polar surface area (TPSA) is 83.5 Å². The number of rotatable bonds is 4. The zero-order chi connectivity index (χ0) is 22.7. The first kappa shape index (κ1) is 22.1. The second kappa shape index (κ2) is 7.79. The molecule has 2 N–H and O–H groups in total. The lowest BCUT2D eigenvalue weighted by Crippen LogP contribution is -2.57. The van der Waals surface area contributed by atoms with E-state index in [0.717, 1.165) is 6.07 Å². The highest BCUT2D eigenvalue weighted by molar-refractivity contribution is 7.92. The molecule has 2 aromatic carbocycles. The molecule has 166 valence electrons. The van der Waals surface area contributed by atoms with Crippen molar-refractivity contribution in [2.24, 2.45) is 17.8 Å². The smallest absolute Gasteiger partial charge is 0.255 e. The van der Waals surface area contributed by atoms with E-state index in [1.54, 1.807) is 0 Å². The Morgan fingerprint density at radius 1 is 1.10 bits per heavy atom. The van der Waals surface area contributed by atoms with Crippen LogP contribution < -0.4 is 5.32 Å². The van der Waals surface area contributed by atoms with Crippen molar-refractivity contribution < 1.29 is 31.5 Å². The summed E-state index contributed by atoms with van der Waals surface area (Å²) in [5.41, 5.74) is -0.418. The number of hydrogen-bond acceptors (Lipinski definition) is 4. The van der Waals surface area contributed by atoms with Crippen molar-refractivity contribution >= 4 is 33.0 Å². The minimum Gasteiger partial charge on any atom is -0.393 e. The molecule has 2 bridgehead atoms. The van der Waals surface area contributed by atoms with Gasteiger partial charge in [-0.1, -0.05) is 18.5 Å². The Morgan fingerprint density at radius 2 is 1.68 bits per heavy atom. The number of sulfone groups is 1. The van der Waals surface area contributed by atoms with Gasteiger partial charge in [0.25, 0.3) is 5.91 Å². The van der Waals surface area contributed by atoms with E-state index in [-0.39, 0.29) is 38.9 Å². The molecule has 2 aromatic rings. The van der Waals surface area contributed by atoms with Crippen LogP contribution in [0.5, 0.6) is 0 Å². The van der Waals surface area contributed by atoms with Gasteiger partial charge in [-0.15, -0.1) is 0 Å². The van der Waals surface area contributed by atoms with Gasteiger partial charge in [0.2, 0.25) is 0 Å². The van der Waals surface area contributed by atoms with Crippen LogP contribution in [0.25, 0.3) is 0 Å². The van der Waals surface area contributed by atoms with Crippen LogP contribution in [0, 0.1) is 35.2 Å². The van der Waals surface area contributed by atoms with Gasteiger partial charge in [0, 0.05) is 23.4 Å². The van der Waals surface area contributed by atoms with Crippen LogP contribution in [0.3, 0.4) is 0 Å². The van der Waals surface area contributed by atoms with E-state index >= 15 is 0 Å². The minimum atomic E-state index is -3.88. The summed E-state index contributed by atoms with van der Waals surface area (Å²) < 4.78 is 66.3. The van der Waals surface area contributed by atoms with Crippen molar-refractivity contribution in [1.82, 2.24) is 0 Å². The number of anilines is 1. The zero-order valence-corrected chi connectivity index (χ0v) is 17.9. The average molecular weight is 474 g/mol. The lowest BCUT2D eigenvalue weighted by Gasteiger charge is -2.54. The van der Waals surface area contributed by atoms with Crippen LogP contribution in [0.2, 0.25) is 5.02 Å². The van der Waals surface area contributed by atoms with Gasteiger partial charge in [-0.3, -0.25) is 4.79 Å². The number of benzene rings is 2. The third kappa shape index (κ3) is 3.72. The van der Waals surface area contributed by atoms with E-state index in [2.05, 4.69) is 5.32 Å². The van der Waals surface area contributed by atoms with E-state index in [4.69, 9.17) is 11.6 Å². The quantitative estimate of drug-likeness (QED) is 0.652. The second-order valence-electron chi connectivity index (χ2n) is 8.17. The second-order valence-corrected chi connectivity index (χ2v) is 10.8. The molecule has 0 radical (unpaired) electrons. The Balaban J connectivity index is 1.59. The monoisotopic (exact) mass is 473 g/mol. The molecule has 5 nitrogen and oxygen atoms in total. The standard InChI is InChI=1S/C21H19ClF3NO4S/c1-9-13-7-12(8-14(9)20(13)27)31(29,30)18-4-10(2-3-15(18)22)21(28)26-11-5-16(23)19(25)17(24)6-11/h2-6,9,12-14,20,27H,7-8H2,1H3,(H,26,28). The molecule has 0 spiro atoms. The van der Waals surface area contributed by atoms with Gasteiger partial charge in [0.05, 0.1) is 21.3 Å². The number of fused-ring (bicyclic) bond motifs is 2. The fourth-order valence-corrected chi connectivity index (χ4v) is 7.03. The summed E-state index contributed by atoms with van der Waals surface area (Å²) in [6, 6.07) is 4.88. The summed E-state index contributed by atoms with van der Waals surface area (Å²) in [6.45, 7) is 1.99. The van der Waals surface area contributed by atoms with Gasteiger partial charge < -0.3 is 10.4 Å². The number of halogens is 4. The Hall–Kier alpha value is -2.10. The Labute approximate surface area is 182 Å². The molecule has 5 rings (SSSR count). The van der Waals surface area contributed by atoms with E-state index in [0.29, 0.717) is 25.0 Å². The Bertz CT molecular complexity index is 1130. The van der Waals surface area contributed by atoms with Gasteiger partial charge >= 0.3 is 0 Å². The van der Waals surface area contributed by atoms with Crippen molar-refractivity contribution in [3.05, 3.63) is 58.4 Å². The predicted octanol–water partition coefficient (Wildman–Crippen LogP) is 4.19. The van der Waals surface area contributed by atoms with Crippen LogP contribution in [-0.4, -0.2) is 30.8 Å². The van der Waals surface area contributed by atoms with Crippen molar-refractivity contribution in [3.8, 4) is 0 Å². The van der Waals surface area contributed by atoms with Crippen LogP contribution in [0.4, 0.5) is 18.9 Å². The predicted molar refractivity (Wildman–Crippen MR) is 108 cm³/mol. The first-order valence-electron chi connectivity index (χ1n) is 9.68. The lowest BCUT2D eigenvalue weighted by atomic mass is 9.55. The number of carbonyl (C=O) groups is 1. The maximum absolute atomic E-state index is 13.4. The summed E-state index contributed by atoms with van der Waals surface area (Å²) in [6.07, 6.45) is 0.120.